The first-order chi connectivity index (χ1) is 9.25. The van der Waals surface area contributed by atoms with E-state index in [0.29, 0.717) is 22.2 Å². The van der Waals surface area contributed by atoms with Crippen LogP contribution < -0.4 is 11.1 Å². The number of carbonyl (C=O) groups is 1. The van der Waals surface area contributed by atoms with Gasteiger partial charge < -0.3 is 11.1 Å². The molecule has 0 saturated heterocycles. The van der Waals surface area contributed by atoms with Crippen LogP contribution in [0, 0.1) is 5.92 Å². The molecule has 1 aromatic heterocycles. The Labute approximate surface area is 115 Å². The first-order valence-corrected chi connectivity index (χ1v) is 7.12. The van der Waals surface area contributed by atoms with Crippen LogP contribution in [0.3, 0.4) is 0 Å². The number of hydrogen-bond donors (Lipinski definition) is 2. The van der Waals surface area contributed by atoms with E-state index in [1.165, 1.54) is 12.8 Å². The van der Waals surface area contributed by atoms with Gasteiger partial charge in [0.2, 0.25) is 0 Å². The number of rotatable bonds is 4. The lowest BCUT2D eigenvalue weighted by Gasteiger charge is -2.03. The Kier molecular flexibility index (Phi) is 3.21. The van der Waals surface area contributed by atoms with Crippen molar-refractivity contribution in [1.29, 1.82) is 0 Å². The molecule has 1 heterocycles. The molecule has 0 unspecified atom stereocenters. The maximum absolute atomic E-state index is 12.0. The highest BCUT2D eigenvalue weighted by Gasteiger charge is 2.24. The summed E-state index contributed by atoms with van der Waals surface area (Å²) in [7, 11) is 0. The minimum Gasteiger partial charge on any atom is -0.396 e. The summed E-state index contributed by atoms with van der Waals surface area (Å²) in [5.41, 5.74) is 8.16. The van der Waals surface area contributed by atoms with Crippen molar-refractivity contribution in [2.75, 3.05) is 12.3 Å². The van der Waals surface area contributed by atoms with Crippen LogP contribution in [-0.2, 0) is 0 Å². The van der Waals surface area contributed by atoms with Gasteiger partial charge in [0.05, 0.1) is 5.69 Å². The van der Waals surface area contributed by atoms with Gasteiger partial charge in [0.1, 0.15) is 10.6 Å². The van der Waals surface area contributed by atoms with E-state index in [-0.39, 0.29) is 5.91 Å². The molecule has 0 aliphatic heterocycles. The minimum atomic E-state index is -0.107. The quantitative estimate of drug-likeness (QED) is 0.899. The van der Waals surface area contributed by atoms with Crippen molar-refractivity contribution in [3.63, 3.8) is 0 Å². The van der Waals surface area contributed by atoms with Gasteiger partial charge in [-0.25, -0.2) is 0 Å². The predicted octanol–water partition coefficient (Wildman–Crippen LogP) is 2.53. The lowest BCUT2D eigenvalue weighted by Crippen LogP contribution is -2.25. The summed E-state index contributed by atoms with van der Waals surface area (Å²) in [5, 5.41) is 2.92. The van der Waals surface area contributed by atoms with E-state index in [1.807, 2.05) is 30.3 Å². The molecule has 4 nitrogen and oxygen atoms in total. The van der Waals surface area contributed by atoms with Crippen LogP contribution in [0.1, 0.15) is 22.5 Å². The third-order valence-corrected chi connectivity index (χ3v) is 4.09. The van der Waals surface area contributed by atoms with Gasteiger partial charge >= 0.3 is 0 Å². The summed E-state index contributed by atoms with van der Waals surface area (Å²) in [4.78, 5) is 12.5. The van der Waals surface area contributed by atoms with E-state index in [1.54, 1.807) is 0 Å². The summed E-state index contributed by atoms with van der Waals surface area (Å²) in [6.45, 7) is 0.747. The zero-order valence-electron chi connectivity index (χ0n) is 10.4. The zero-order chi connectivity index (χ0) is 13.2. The van der Waals surface area contributed by atoms with Crippen molar-refractivity contribution in [1.82, 2.24) is 9.69 Å². The van der Waals surface area contributed by atoms with Crippen LogP contribution in [0.2, 0.25) is 0 Å². The van der Waals surface area contributed by atoms with Crippen molar-refractivity contribution in [3.05, 3.63) is 35.2 Å². The smallest absolute Gasteiger partial charge is 0.265 e. The zero-order valence-corrected chi connectivity index (χ0v) is 11.2. The largest absolute Gasteiger partial charge is 0.396 e. The van der Waals surface area contributed by atoms with Crippen LogP contribution in [0.4, 0.5) is 5.69 Å². The fourth-order valence-electron chi connectivity index (χ4n) is 1.90. The molecule has 3 rings (SSSR count). The summed E-state index contributed by atoms with van der Waals surface area (Å²) in [5.74, 6) is 0.552. The number of benzene rings is 1. The standard InChI is InChI=1S/C14H15N3OS/c15-11-12(10-4-2-1-3-5-10)17-19-13(11)14(18)16-8-9-6-7-9/h1-5,9H,6-8,15H2,(H,16,18). The molecule has 1 fully saturated rings. The van der Waals surface area contributed by atoms with Crippen LogP contribution in [-0.4, -0.2) is 16.8 Å². The SMILES string of the molecule is Nc1c(-c2ccccc2)nsc1C(=O)NCC1CC1. The number of carbonyl (C=O) groups excluding carboxylic acids is 1. The Morgan fingerprint density at radius 2 is 2.11 bits per heavy atom. The Hall–Kier alpha value is -1.88. The third kappa shape index (κ3) is 2.61. The number of amides is 1. The second-order valence-electron chi connectivity index (χ2n) is 4.79. The average molecular weight is 273 g/mol. The molecule has 0 spiro atoms. The molecule has 2 aromatic rings. The maximum Gasteiger partial charge on any atom is 0.265 e. The van der Waals surface area contributed by atoms with Crippen molar-refractivity contribution in [3.8, 4) is 11.3 Å². The van der Waals surface area contributed by atoms with E-state index in [2.05, 4.69) is 9.69 Å². The topological polar surface area (TPSA) is 68.0 Å². The van der Waals surface area contributed by atoms with Gasteiger partial charge in [-0.2, -0.15) is 4.37 Å². The van der Waals surface area contributed by atoms with Crippen molar-refractivity contribution in [2.24, 2.45) is 5.92 Å². The van der Waals surface area contributed by atoms with E-state index in [9.17, 15) is 4.79 Å². The fraction of sp³-hybridized carbons (Fsp3) is 0.286. The van der Waals surface area contributed by atoms with E-state index < -0.39 is 0 Å². The lowest BCUT2D eigenvalue weighted by molar-refractivity contribution is 0.0956. The highest BCUT2D eigenvalue weighted by molar-refractivity contribution is 7.09. The summed E-state index contributed by atoms with van der Waals surface area (Å²) < 4.78 is 4.31. The molecule has 19 heavy (non-hydrogen) atoms. The van der Waals surface area contributed by atoms with Gasteiger partial charge in [-0.3, -0.25) is 4.79 Å². The number of anilines is 1. The van der Waals surface area contributed by atoms with E-state index >= 15 is 0 Å². The molecule has 0 bridgehead atoms. The summed E-state index contributed by atoms with van der Waals surface area (Å²) in [6.07, 6.45) is 2.43. The first kappa shape index (κ1) is 12.2. The monoisotopic (exact) mass is 273 g/mol. The van der Waals surface area contributed by atoms with Crippen LogP contribution in [0.25, 0.3) is 11.3 Å². The fourth-order valence-corrected chi connectivity index (χ4v) is 2.64. The molecule has 1 aliphatic carbocycles. The molecule has 0 atom stereocenters. The Balaban J connectivity index is 1.79. The van der Waals surface area contributed by atoms with Crippen LogP contribution in [0.5, 0.6) is 0 Å². The molecule has 1 saturated carbocycles. The first-order valence-electron chi connectivity index (χ1n) is 6.34. The highest BCUT2D eigenvalue weighted by atomic mass is 32.1. The van der Waals surface area contributed by atoms with Gasteiger partial charge in [-0.1, -0.05) is 30.3 Å². The highest BCUT2D eigenvalue weighted by Crippen LogP contribution is 2.31. The van der Waals surface area contributed by atoms with Crippen molar-refractivity contribution in [2.45, 2.75) is 12.8 Å². The molecular weight excluding hydrogens is 258 g/mol. The molecule has 0 radical (unpaired) electrons. The Morgan fingerprint density at radius 1 is 1.37 bits per heavy atom. The Bertz CT molecular complexity index is 590. The van der Waals surface area contributed by atoms with E-state index in [0.717, 1.165) is 23.6 Å². The number of nitrogens with zero attached hydrogens (tertiary/aromatic N) is 1. The minimum absolute atomic E-state index is 0.107. The average Bonchev–Trinajstić information content (AvgIpc) is 3.19. The summed E-state index contributed by atoms with van der Waals surface area (Å²) in [6, 6.07) is 9.69. The molecule has 3 N–H and O–H groups in total. The van der Waals surface area contributed by atoms with Crippen molar-refractivity contribution < 1.29 is 4.79 Å². The Morgan fingerprint density at radius 3 is 2.79 bits per heavy atom. The van der Waals surface area contributed by atoms with Gasteiger partial charge in [-0.05, 0) is 30.3 Å². The lowest BCUT2D eigenvalue weighted by atomic mass is 10.1. The second kappa shape index (κ2) is 5.01. The van der Waals surface area contributed by atoms with Crippen LogP contribution >= 0.6 is 11.5 Å². The number of aromatic nitrogens is 1. The van der Waals surface area contributed by atoms with Gasteiger partial charge in [-0.15, -0.1) is 0 Å². The molecule has 1 aliphatic rings. The molecule has 1 amide bonds. The van der Waals surface area contributed by atoms with Crippen molar-refractivity contribution >= 4 is 23.1 Å². The molecule has 98 valence electrons. The summed E-state index contributed by atoms with van der Waals surface area (Å²) >= 11 is 1.16. The van der Waals surface area contributed by atoms with E-state index in [4.69, 9.17) is 5.73 Å². The molecule has 5 heteroatoms. The molecule has 1 aromatic carbocycles. The van der Waals surface area contributed by atoms with Crippen LogP contribution in [0.15, 0.2) is 30.3 Å². The third-order valence-electron chi connectivity index (χ3n) is 3.23. The predicted molar refractivity (Wildman–Crippen MR) is 77.0 cm³/mol. The van der Waals surface area contributed by atoms with Gasteiger partial charge in [0.15, 0.2) is 0 Å². The van der Waals surface area contributed by atoms with Gasteiger partial charge in [0, 0.05) is 12.1 Å². The number of hydrogen-bond acceptors (Lipinski definition) is 4. The maximum atomic E-state index is 12.0. The second-order valence-corrected chi connectivity index (χ2v) is 5.57. The number of nitrogen functional groups attached to an aromatic ring is 1. The normalized spacial score (nSPS) is 14.3. The van der Waals surface area contributed by atoms with Gasteiger partial charge in [0.25, 0.3) is 5.91 Å². The number of nitrogens with two attached hydrogens (primary N) is 1. The number of nitrogens with one attached hydrogen (secondary N) is 1. The molecular formula is C14H15N3OS.